The molecule has 0 unspecified atom stereocenters. The summed E-state index contributed by atoms with van der Waals surface area (Å²) < 4.78 is 31.3. The maximum atomic E-state index is 11.9. The van der Waals surface area contributed by atoms with E-state index in [1.54, 1.807) is 11.3 Å². The Hall–Kier alpha value is -1.15. The van der Waals surface area contributed by atoms with Gasteiger partial charge >= 0.3 is 0 Å². The molecule has 7 heteroatoms. The highest BCUT2D eigenvalue weighted by atomic mass is 32.2. The molecule has 0 fully saturated rings. The maximum absolute atomic E-state index is 11.9. The van der Waals surface area contributed by atoms with Gasteiger partial charge in [-0.1, -0.05) is 6.92 Å². The molecule has 2 aromatic heterocycles. The first kappa shape index (κ1) is 14.3. The van der Waals surface area contributed by atoms with Crippen LogP contribution in [0.3, 0.4) is 0 Å². The summed E-state index contributed by atoms with van der Waals surface area (Å²) in [6.07, 6.45) is 0.940. The molecule has 0 amide bonds. The van der Waals surface area contributed by atoms with Crippen molar-refractivity contribution in [2.45, 2.75) is 31.6 Å². The number of aryl methyl sites for hydroxylation is 1. The van der Waals surface area contributed by atoms with E-state index in [0.717, 1.165) is 11.3 Å². The molecular formula is C12H15NO4S2. The molecule has 0 aliphatic rings. The molecule has 2 N–H and O–H groups in total. The van der Waals surface area contributed by atoms with Crippen LogP contribution in [0.1, 0.15) is 22.4 Å². The number of aliphatic hydroxyl groups excluding tert-OH is 1. The first-order valence-corrected chi connectivity index (χ1v) is 8.12. The van der Waals surface area contributed by atoms with Crippen LogP contribution in [0.15, 0.2) is 33.8 Å². The number of aliphatic hydroxyl groups is 1. The van der Waals surface area contributed by atoms with Gasteiger partial charge in [0, 0.05) is 16.3 Å². The molecular weight excluding hydrogens is 286 g/mol. The lowest BCUT2D eigenvalue weighted by atomic mass is 10.4. The highest BCUT2D eigenvalue weighted by Gasteiger charge is 2.18. The summed E-state index contributed by atoms with van der Waals surface area (Å²) in [5.74, 6) is 0.227. The van der Waals surface area contributed by atoms with Gasteiger partial charge in [0.2, 0.25) is 5.09 Å². The van der Waals surface area contributed by atoms with Crippen molar-refractivity contribution in [1.29, 1.82) is 0 Å². The van der Waals surface area contributed by atoms with Crippen molar-refractivity contribution in [2.75, 3.05) is 0 Å². The van der Waals surface area contributed by atoms with Gasteiger partial charge in [-0.25, -0.2) is 13.1 Å². The molecule has 0 bridgehead atoms. The van der Waals surface area contributed by atoms with Gasteiger partial charge in [0.1, 0.15) is 12.4 Å². The number of hydrogen-bond donors (Lipinski definition) is 2. The van der Waals surface area contributed by atoms with E-state index in [1.807, 2.05) is 12.1 Å². The van der Waals surface area contributed by atoms with Crippen molar-refractivity contribution in [3.8, 4) is 0 Å². The van der Waals surface area contributed by atoms with Gasteiger partial charge in [0.05, 0.1) is 0 Å². The van der Waals surface area contributed by atoms with Crippen molar-refractivity contribution in [2.24, 2.45) is 0 Å². The lowest BCUT2D eigenvalue weighted by Gasteiger charge is -2.02. The van der Waals surface area contributed by atoms with Gasteiger partial charge in [0.25, 0.3) is 10.0 Å². The predicted molar refractivity (Wildman–Crippen MR) is 72.4 cm³/mol. The molecule has 0 radical (unpaired) electrons. The third-order valence-electron chi connectivity index (χ3n) is 2.56. The van der Waals surface area contributed by atoms with E-state index in [2.05, 4.69) is 11.6 Å². The van der Waals surface area contributed by atoms with Gasteiger partial charge in [-0.3, -0.25) is 0 Å². The highest BCUT2D eigenvalue weighted by Crippen LogP contribution is 2.18. The lowest BCUT2D eigenvalue weighted by molar-refractivity contribution is 0.236. The van der Waals surface area contributed by atoms with E-state index in [0.29, 0.717) is 0 Å². The maximum Gasteiger partial charge on any atom is 0.274 e. The number of hydrogen-bond acceptors (Lipinski definition) is 5. The molecule has 0 spiro atoms. The Labute approximate surface area is 115 Å². The summed E-state index contributed by atoms with van der Waals surface area (Å²) in [5, 5.41) is 8.67. The van der Waals surface area contributed by atoms with Gasteiger partial charge in [-0.15, -0.1) is 11.3 Å². The molecule has 0 saturated heterocycles. The molecule has 0 saturated carbocycles. The van der Waals surface area contributed by atoms with Crippen LogP contribution in [0.2, 0.25) is 0 Å². The topological polar surface area (TPSA) is 79.5 Å². The largest absolute Gasteiger partial charge is 0.446 e. The van der Waals surface area contributed by atoms with Gasteiger partial charge in [-0.2, -0.15) is 0 Å². The van der Waals surface area contributed by atoms with Crippen LogP contribution in [-0.4, -0.2) is 13.5 Å². The third kappa shape index (κ3) is 3.44. The van der Waals surface area contributed by atoms with E-state index in [-0.39, 0.29) is 24.0 Å². The molecule has 2 aromatic rings. The summed E-state index contributed by atoms with van der Waals surface area (Å²) in [6.45, 7) is 1.97. The second kappa shape index (κ2) is 5.87. The zero-order valence-electron chi connectivity index (χ0n) is 10.4. The number of rotatable bonds is 6. The van der Waals surface area contributed by atoms with Crippen LogP contribution in [0.4, 0.5) is 0 Å². The van der Waals surface area contributed by atoms with Crippen molar-refractivity contribution in [1.82, 2.24) is 4.72 Å². The molecule has 2 rings (SSSR count). The molecule has 2 heterocycles. The van der Waals surface area contributed by atoms with Gasteiger partial charge < -0.3 is 9.52 Å². The number of furan rings is 1. The standard InChI is InChI=1S/C12H15NO4S2/c1-2-10-4-5-11(18-10)7-13-19(15,16)12-6-3-9(8-14)17-12/h3-6,13-14H,2,7-8H2,1H3. The second-order valence-electron chi connectivity index (χ2n) is 3.92. The van der Waals surface area contributed by atoms with Crippen molar-refractivity contribution in [3.05, 3.63) is 39.8 Å². The van der Waals surface area contributed by atoms with Crippen LogP contribution >= 0.6 is 11.3 Å². The Balaban J connectivity index is 2.05. The normalized spacial score (nSPS) is 11.9. The SMILES string of the molecule is CCc1ccc(CNS(=O)(=O)c2ccc(CO)o2)s1. The fourth-order valence-corrected chi connectivity index (χ4v) is 3.47. The van der Waals surface area contributed by atoms with Crippen molar-refractivity contribution < 1.29 is 17.9 Å². The first-order valence-electron chi connectivity index (χ1n) is 5.82. The Kier molecular flexibility index (Phi) is 4.41. The van der Waals surface area contributed by atoms with Crippen molar-refractivity contribution >= 4 is 21.4 Å². The molecule has 0 aromatic carbocycles. The van der Waals surface area contributed by atoms with E-state index in [9.17, 15) is 8.42 Å². The van der Waals surface area contributed by atoms with Gasteiger partial charge in [0.15, 0.2) is 0 Å². The summed E-state index contributed by atoms with van der Waals surface area (Å²) >= 11 is 1.58. The first-order chi connectivity index (χ1) is 9.05. The fourth-order valence-electron chi connectivity index (χ4n) is 1.53. The Bertz CT molecular complexity index is 642. The molecule has 0 atom stereocenters. The van der Waals surface area contributed by atoms with Crippen LogP contribution in [0.5, 0.6) is 0 Å². The average Bonchev–Trinajstić information content (AvgIpc) is 3.05. The number of sulfonamides is 1. The van der Waals surface area contributed by atoms with Crippen LogP contribution in [0.25, 0.3) is 0 Å². The number of nitrogens with one attached hydrogen (secondary N) is 1. The molecule has 5 nitrogen and oxygen atoms in total. The minimum atomic E-state index is -3.67. The molecule has 0 aliphatic carbocycles. The lowest BCUT2D eigenvalue weighted by Crippen LogP contribution is -2.22. The van der Waals surface area contributed by atoms with Crippen LogP contribution < -0.4 is 4.72 Å². The fraction of sp³-hybridized carbons (Fsp3) is 0.333. The van der Waals surface area contributed by atoms with E-state index < -0.39 is 10.0 Å². The quantitative estimate of drug-likeness (QED) is 0.853. The molecule has 0 aliphatic heterocycles. The average molecular weight is 301 g/mol. The highest BCUT2D eigenvalue weighted by molar-refractivity contribution is 7.89. The van der Waals surface area contributed by atoms with E-state index in [4.69, 9.17) is 9.52 Å². The smallest absolute Gasteiger partial charge is 0.274 e. The molecule has 104 valence electrons. The van der Waals surface area contributed by atoms with E-state index in [1.165, 1.54) is 17.0 Å². The van der Waals surface area contributed by atoms with E-state index >= 15 is 0 Å². The Morgan fingerprint density at radius 2 is 2.00 bits per heavy atom. The summed E-state index contributed by atoms with van der Waals surface area (Å²) in [5.41, 5.74) is 0. The minimum Gasteiger partial charge on any atom is -0.446 e. The Morgan fingerprint density at radius 3 is 2.58 bits per heavy atom. The zero-order chi connectivity index (χ0) is 13.9. The van der Waals surface area contributed by atoms with Crippen LogP contribution in [0, 0.1) is 0 Å². The van der Waals surface area contributed by atoms with Crippen molar-refractivity contribution in [3.63, 3.8) is 0 Å². The molecule has 19 heavy (non-hydrogen) atoms. The second-order valence-corrected chi connectivity index (χ2v) is 6.88. The zero-order valence-corrected chi connectivity index (χ0v) is 12.1. The summed E-state index contributed by atoms with van der Waals surface area (Å²) in [4.78, 5) is 2.17. The number of thiophene rings is 1. The minimum absolute atomic E-state index is 0.177. The summed E-state index contributed by atoms with van der Waals surface area (Å²) in [6, 6.07) is 6.67. The summed E-state index contributed by atoms with van der Waals surface area (Å²) in [7, 11) is -3.67. The third-order valence-corrected chi connectivity index (χ3v) is 5.06. The van der Waals surface area contributed by atoms with Gasteiger partial charge in [-0.05, 0) is 30.7 Å². The monoisotopic (exact) mass is 301 g/mol. The predicted octanol–water partition coefficient (Wildman–Crippen LogP) is 1.87. The van der Waals surface area contributed by atoms with Crippen LogP contribution in [-0.2, 0) is 29.6 Å². The Morgan fingerprint density at radius 1 is 1.26 bits per heavy atom.